The summed E-state index contributed by atoms with van der Waals surface area (Å²) in [6.45, 7) is 2.84. The molecular weight excluding hydrogens is 289 g/mol. The van der Waals surface area contributed by atoms with E-state index in [9.17, 15) is 0 Å². The molecule has 0 atom stereocenters. The second-order valence-corrected chi connectivity index (χ2v) is 6.24. The monoisotopic (exact) mass is 305 g/mol. The predicted octanol–water partition coefficient (Wildman–Crippen LogP) is 5.22. The van der Waals surface area contributed by atoms with Crippen LogP contribution >= 0.6 is 23.2 Å². The standard InChI is InChI=1S/C17H17Cl2N/c1-11-2-3-13(9-17(11)19)12-4-7-16(18)14(8-12)10-20-15-5-6-15/h2-4,7-9,15,20H,5-6,10H2,1H3. The normalized spacial score (nSPS) is 14.6. The van der Waals surface area contributed by atoms with Crippen molar-refractivity contribution in [1.82, 2.24) is 5.32 Å². The molecule has 0 radical (unpaired) electrons. The molecular formula is C17H17Cl2N. The molecule has 1 saturated carbocycles. The van der Waals surface area contributed by atoms with Crippen LogP contribution in [0.2, 0.25) is 10.0 Å². The second-order valence-electron chi connectivity index (χ2n) is 5.43. The third kappa shape index (κ3) is 3.17. The van der Waals surface area contributed by atoms with Gasteiger partial charge >= 0.3 is 0 Å². The summed E-state index contributed by atoms with van der Waals surface area (Å²) in [5.41, 5.74) is 4.53. The van der Waals surface area contributed by atoms with Gasteiger partial charge < -0.3 is 5.32 Å². The summed E-state index contributed by atoms with van der Waals surface area (Å²) in [7, 11) is 0. The summed E-state index contributed by atoms with van der Waals surface area (Å²) in [5, 5.41) is 5.12. The van der Waals surface area contributed by atoms with Gasteiger partial charge in [-0.2, -0.15) is 0 Å². The molecule has 1 aliphatic carbocycles. The van der Waals surface area contributed by atoms with E-state index in [1.165, 1.54) is 12.8 Å². The van der Waals surface area contributed by atoms with Gasteiger partial charge in [-0.05, 0) is 60.2 Å². The lowest BCUT2D eigenvalue weighted by molar-refractivity contribution is 0.688. The summed E-state index contributed by atoms with van der Waals surface area (Å²) >= 11 is 12.5. The molecule has 0 amide bonds. The molecule has 0 unspecified atom stereocenters. The fourth-order valence-electron chi connectivity index (χ4n) is 2.20. The van der Waals surface area contributed by atoms with Crippen molar-refractivity contribution < 1.29 is 0 Å². The molecule has 20 heavy (non-hydrogen) atoms. The van der Waals surface area contributed by atoms with Crippen molar-refractivity contribution in [2.75, 3.05) is 0 Å². The maximum atomic E-state index is 6.28. The molecule has 3 heteroatoms. The van der Waals surface area contributed by atoms with Crippen molar-refractivity contribution >= 4 is 23.2 Å². The van der Waals surface area contributed by atoms with Gasteiger partial charge in [0.2, 0.25) is 0 Å². The van der Waals surface area contributed by atoms with Crippen LogP contribution in [0.15, 0.2) is 36.4 Å². The first-order valence-electron chi connectivity index (χ1n) is 6.92. The van der Waals surface area contributed by atoms with Gasteiger partial charge in [0, 0.05) is 22.6 Å². The third-order valence-corrected chi connectivity index (χ3v) is 4.49. The number of hydrogen-bond acceptors (Lipinski definition) is 1. The Morgan fingerprint density at radius 2 is 1.70 bits per heavy atom. The summed E-state index contributed by atoms with van der Waals surface area (Å²) in [6, 6.07) is 13.0. The van der Waals surface area contributed by atoms with Crippen molar-refractivity contribution in [2.45, 2.75) is 32.4 Å². The Morgan fingerprint density at radius 1 is 1.00 bits per heavy atom. The Hall–Kier alpha value is -1.02. The minimum atomic E-state index is 0.684. The minimum absolute atomic E-state index is 0.684. The van der Waals surface area contributed by atoms with Crippen molar-refractivity contribution in [3.8, 4) is 11.1 Å². The fraction of sp³-hybridized carbons (Fsp3) is 0.294. The van der Waals surface area contributed by atoms with Gasteiger partial charge in [-0.25, -0.2) is 0 Å². The topological polar surface area (TPSA) is 12.0 Å². The molecule has 1 aliphatic rings. The molecule has 0 aromatic heterocycles. The van der Waals surface area contributed by atoms with Gasteiger partial charge in [0.15, 0.2) is 0 Å². The Kier molecular flexibility index (Phi) is 4.02. The fourth-order valence-corrected chi connectivity index (χ4v) is 2.57. The molecule has 0 saturated heterocycles. The number of halogens is 2. The van der Waals surface area contributed by atoms with Crippen LogP contribution in [0.5, 0.6) is 0 Å². The first kappa shape index (κ1) is 13.9. The van der Waals surface area contributed by atoms with Crippen molar-refractivity contribution in [1.29, 1.82) is 0 Å². The highest BCUT2D eigenvalue weighted by molar-refractivity contribution is 6.32. The van der Waals surface area contributed by atoms with Crippen LogP contribution in [-0.4, -0.2) is 6.04 Å². The van der Waals surface area contributed by atoms with Gasteiger partial charge in [-0.1, -0.05) is 41.4 Å². The number of nitrogens with one attached hydrogen (secondary N) is 1. The van der Waals surface area contributed by atoms with E-state index in [2.05, 4.69) is 17.4 Å². The Balaban J connectivity index is 1.88. The average molecular weight is 306 g/mol. The lowest BCUT2D eigenvalue weighted by Gasteiger charge is -2.10. The van der Waals surface area contributed by atoms with Crippen LogP contribution in [-0.2, 0) is 6.54 Å². The van der Waals surface area contributed by atoms with Crippen LogP contribution in [0.25, 0.3) is 11.1 Å². The van der Waals surface area contributed by atoms with E-state index in [0.717, 1.165) is 38.8 Å². The molecule has 2 aromatic rings. The van der Waals surface area contributed by atoms with Crippen LogP contribution in [0.1, 0.15) is 24.0 Å². The molecule has 1 nitrogen and oxygen atoms in total. The van der Waals surface area contributed by atoms with Gasteiger partial charge in [-0.15, -0.1) is 0 Å². The van der Waals surface area contributed by atoms with E-state index in [-0.39, 0.29) is 0 Å². The first-order chi connectivity index (χ1) is 9.63. The number of rotatable bonds is 4. The van der Waals surface area contributed by atoms with Crippen molar-refractivity contribution in [3.05, 3.63) is 57.6 Å². The molecule has 0 aliphatic heterocycles. The number of benzene rings is 2. The minimum Gasteiger partial charge on any atom is -0.310 e. The summed E-state index contributed by atoms with van der Waals surface area (Å²) in [5.74, 6) is 0. The zero-order valence-electron chi connectivity index (χ0n) is 11.4. The summed E-state index contributed by atoms with van der Waals surface area (Å²) in [4.78, 5) is 0. The highest BCUT2D eigenvalue weighted by atomic mass is 35.5. The van der Waals surface area contributed by atoms with Crippen molar-refractivity contribution in [2.24, 2.45) is 0 Å². The van der Waals surface area contributed by atoms with Crippen LogP contribution < -0.4 is 5.32 Å². The zero-order chi connectivity index (χ0) is 14.1. The van der Waals surface area contributed by atoms with E-state index >= 15 is 0 Å². The third-order valence-electron chi connectivity index (χ3n) is 3.71. The molecule has 0 heterocycles. The van der Waals surface area contributed by atoms with Gasteiger partial charge in [0.25, 0.3) is 0 Å². The van der Waals surface area contributed by atoms with Gasteiger partial charge in [-0.3, -0.25) is 0 Å². The largest absolute Gasteiger partial charge is 0.310 e. The highest BCUT2D eigenvalue weighted by Crippen LogP contribution is 2.29. The van der Waals surface area contributed by atoms with Crippen molar-refractivity contribution in [3.63, 3.8) is 0 Å². The lowest BCUT2D eigenvalue weighted by atomic mass is 10.0. The molecule has 3 rings (SSSR count). The lowest BCUT2D eigenvalue weighted by Crippen LogP contribution is -2.15. The van der Waals surface area contributed by atoms with E-state index in [1.807, 2.05) is 31.2 Å². The Bertz CT molecular complexity index is 633. The van der Waals surface area contributed by atoms with Crippen LogP contribution in [0.3, 0.4) is 0 Å². The smallest absolute Gasteiger partial charge is 0.0451 e. The van der Waals surface area contributed by atoms with E-state index in [0.29, 0.717) is 6.04 Å². The molecule has 2 aromatic carbocycles. The highest BCUT2D eigenvalue weighted by Gasteiger charge is 2.20. The number of hydrogen-bond donors (Lipinski definition) is 1. The summed E-state index contributed by atoms with van der Waals surface area (Å²) in [6.07, 6.45) is 2.57. The second kappa shape index (κ2) is 5.77. The van der Waals surface area contributed by atoms with E-state index in [4.69, 9.17) is 23.2 Å². The average Bonchev–Trinajstić information content (AvgIpc) is 3.25. The van der Waals surface area contributed by atoms with E-state index < -0.39 is 0 Å². The molecule has 1 fully saturated rings. The molecule has 104 valence electrons. The van der Waals surface area contributed by atoms with E-state index in [1.54, 1.807) is 0 Å². The molecule has 0 bridgehead atoms. The quantitative estimate of drug-likeness (QED) is 0.816. The SMILES string of the molecule is Cc1ccc(-c2ccc(Cl)c(CNC3CC3)c2)cc1Cl. The van der Waals surface area contributed by atoms with Gasteiger partial charge in [0.1, 0.15) is 0 Å². The van der Waals surface area contributed by atoms with Crippen LogP contribution in [0.4, 0.5) is 0 Å². The Morgan fingerprint density at radius 3 is 2.40 bits per heavy atom. The Labute approximate surface area is 129 Å². The van der Waals surface area contributed by atoms with Gasteiger partial charge in [0.05, 0.1) is 0 Å². The maximum absolute atomic E-state index is 6.28. The zero-order valence-corrected chi connectivity index (χ0v) is 12.9. The summed E-state index contributed by atoms with van der Waals surface area (Å²) < 4.78 is 0. The first-order valence-corrected chi connectivity index (χ1v) is 7.67. The van der Waals surface area contributed by atoms with Crippen LogP contribution in [0, 0.1) is 6.92 Å². The molecule has 1 N–H and O–H groups in total. The molecule has 0 spiro atoms. The maximum Gasteiger partial charge on any atom is 0.0451 e. The predicted molar refractivity (Wildman–Crippen MR) is 86.5 cm³/mol. The number of aryl methyl sites for hydroxylation is 1.